The first kappa shape index (κ1) is 20.8. The molecule has 0 aromatic heterocycles. The molecule has 1 heterocycles. The lowest BCUT2D eigenvalue weighted by atomic mass is 10.1. The third-order valence-corrected chi connectivity index (χ3v) is 5.53. The molecule has 0 aliphatic carbocycles. The van der Waals surface area contributed by atoms with E-state index in [9.17, 15) is 4.79 Å². The second-order valence-corrected chi connectivity index (χ2v) is 7.76. The molecular formula is C21H25Cl2N3O2. The van der Waals surface area contributed by atoms with Crippen molar-refractivity contribution >= 4 is 34.8 Å². The highest BCUT2D eigenvalue weighted by Gasteiger charge is 2.21. The van der Waals surface area contributed by atoms with Crippen molar-refractivity contribution in [3.05, 3.63) is 58.1 Å². The first-order valence-corrected chi connectivity index (χ1v) is 10.1. The zero-order chi connectivity index (χ0) is 20.1. The number of hydrogen-bond donors (Lipinski definition) is 1. The van der Waals surface area contributed by atoms with Gasteiger partial charge < -0.3 is 15.0 Å². The quantitative estimate of drug-likeness (QED) is 0.765. The maximum absolute atomic E-state index is 12.5. The zero-order valence-corrected chi connectivity index (χ0v) is 17.6. The molecule has 1 atom stereocenters. The predicted octanol–water partition coefficient (Wildman–Crippen LogP) is 4.00. The molecule has 1 aliphatic rings. The largest absolute Gasteiger partial charge is 0.497 e. The van der Waals surface area contributed by atoms with Crippen LogP contribution >= 0.6 is 23.2 Å². The van der Waals surface area contributed by atoms with E-state index >= 15 is 0 Å². The fourth-order valence-electron chi connectivity index (χ4n) is 3.39. The number of methoxy groups -OCH3 is 1. The summed E-state index contributed by atoms with van der Waals surface area (Å²) >= 11 is 12.2. The summed E-state index contributed by atoms with van der Waals surface area (Å²) in [6, 6.07) is 13.2. The van der Waals surface area contributed by atoms with Crippen molar-refractivity contribution in [3.8, 4) is 5.75 Å². The summed E-state index contributed by atoms with van der Waals surface area (Å²) in [5.41, 5.74) is 2.01. The third kappa shape index (κ3) is 5.31. The average molecular weight is 422 g/mol. The number of anilines is 1. The molecule has 150 valence electrons. The number of piperazine rings is 1. The molecule has 1 fully saturated rings. The van der Waals surface area contributed by atoms with Crippen LogP contribution in [0.4, 0.5) is 5.69 Å². The number of amides is 1. The second kappa shape index (κ2) is 9.50. The minimum atomic E-state index is -0.171. The Balaban J connectivity index is 1.49. The topological polar surface area (TPSA) is 44.8 Å². The van der Waals surface area contributed by atoms with Crippen molar-refractivity contribution in [1.29, 1.82) is 0 Å². The molecule has 7 heteroatoms. The van der Waals surface area contributed by atoms with Gasteiger partial charge in [0, 0.05) is 48.0 Å². The van der Waals surface area contributed by atoms with E-state index in [0.29, 0.717) is 16.6 Å². The first-order chi connectivity index (χ1) is 13.5. The van der Waals surface area contributed by atoms with Gasteiger partial charge in [-0.25, -0.2) is 0 Å². The second-order valence-electron chi connectivity index (χ2n) is 6.92. The highest BCUT2D eigenvalue weighted by molar-refractivity contribution is 6.35. The van der Waals surface area contributed by atoms with E-state index in [0.717, 1.165) is 43.2 Å². The maximum atomic E-state index is 12.5. The number of nitrogens with zero attached hydrogens (tertiary/aromatic N) is 2. The molecule has 0 spiro atoms. The molecule has 2 aromatic rings. The van der Waals surface area contributed by atoms with E-state index in [1.807, 2.05) is 31.2 Å². The van der Waals surface area contributed by atoms with Crippen LogP contribution in [0.3, 0.4) is 0 Å². The Kier molecular flexibility index (Phi) is 7.05. The van der Waals surface area contributed by atoms with E-state index in [4.69, 9.17) is 27.9 Å². The van der Waals surface area contributed by atoms with Crippen LogP contribution in [0.5, 0.6) is 5.75 Å². The fraction of sp³-hybridized carbons (Fsp3) is 0.381. The van der Waals surface area contributed by atoms with Crippen LogP contribution in [0.2, 0.25) is 10.0 Å². The van der Waals surface area contributed by atoms with Crippen molar-refractivity contribution in [2.24, 2.45) is 0 Å². The van der Waals surface area contributed by atoms with Gasteiger partial charge in [-0.1, -0.05) is 35.3 Å². The molecule has 1 saturated heterocycles. The molecule has 1 unspecified atom stereocenters. The Morgan fingerprint density at radius 3 is 2.57 bits per heavy atom. The van der Waals surface area contributed by atoms with E-state index in [2.05, 4.69) is 21.2 Å². The molecule has 1 N–H and O–H groups in total. The zero-order valence-electron chi connectivity index (χ0n) is 16.1. The number of carbonyl (C=O) groups is 1. The lowest BCUT2D eigenvalue weighted by Crippen LogP contribution is -2.49. The monoisotopic (exact) mass is 421 g/mol. The van der Waals surface area contributed by atoms with Gasteiger partial charge in [-0.2, -0.15) is 0 Å². The molecule has 0 saturated carbocycles. The highest BCUT2D eigenvalue weighted by atomic mass is 35.5. The van der Waals surface area contributed by atoms with Gasteiger partial charge in [0.1, 0.15) is 5.75 Å². The summed E-state index contributed by atoms with van der Waals surface area (Å²) in [7, 11) is 1.67. The minimum absolute atomic E-state index is 0.00616. The molecular weight excluding hydrogens is 397 g/mol. The number of carbonyl (C=O) groups excluding carboxylic acids is 1. The van der Waals surface area contributed by atoms with Crippen LogP contribution in [-0.4, -0.2) is 50.6 Å². The molecule has 0 bridgehead atoms. The van der Waals surface area contributed by atoms with Gasteiger partial charge in [0.2, 0.25) is 5.91 Å². The standard InChI is InChI=1S/C21H25Cl2N3O2/c1-15(19-7-6-16(22)12-20(19)23)24-21(27)14-25-8-10-26(11-9-25)17-4-3-5-18(13-17)28-2/h3-7,12-13,15H,8-11,14H2,1-2H3,(H,24,27). The summed E-state index contributed by atoms with van der Waals surface area (Å²) < 4.78 is 5.30. The molecule has 28 heavy (non-hydrogen) atoms. The lowest BCUT2D eigenvalue weighted by molar-refractivity contribution is -0.123. The molecule has 3 rings (SSSR count). The smallest absolute Gasteiger partial charge is 0.234 e. The van der Waals surface area contributed by atoms with Gasteiger partial charge in [0.05, 0.1) is 19.7 Å². The van der Waals surface area contributed by atoms with Gasteiger partial charge in [0.15, 0.2) is 0 Å². The Hall–Kier alpha value is -1.95. The van der Waals surface area contributed by atoms with Gasteiger partial charge in [-0.3, -0.25) is 9.69 Å². The highest BCUT2D eigenvalue weighted by Crippen LogP contribution is 2.26. The minimum Gasteiger partial charge on any atom is -0.497 e. The summed E-state index contributed by atoms with van der Waals surface area (Å²) in [6.45, 7) is 5.72. The Labute approximate surface area is 176 Å². The Morgan fingerprint density at radius 2 is 1.89 bits per heavy atom. The normalized spacial score (nSPS) is 15.9. The van der Waals surface area contributed by atoms with Crippen LogP contribution in [0.15, 0.2) is 42.5 Å². The number of ether oxygens (including phenoxy) is 1. The van der Waals surface area contributed by atoms with Crippen LogP contribution in [-0.2, 0) is 4.79 Å². The summed E-state index contributed by atoms with van der Waals surface area (Å²) in [5.74, 6) is 0.850. The Morgan fingerprint density at radius 1 is 1.14 bits per heavy atom. The number of benzene rings is 2. The van der Waals surface area contributed by atoms with Crippen LogP contribution in [0, 0.1) is 0 Å². The predicted molar refractivity (Wildman–Crippen MR) is 115 cm³/mol. The van der Waals surface area contributed by atoms with Crippen molar-refractivity contribution in [2.45, 2.75) is 13.0 Å². The number of halogens is 2. The molecule has 0 radical (unpaired) electrons. The van der Waals surface area contributed by atoms with E-state index in [1.54, 1.807) is 19.2 Å². The van der Waals surface area contributed by atoms with E-state index in [-0.39, 0.29) is 11.9 Å². The first-order valence-electron chi connectivity index (χ1n) is 9.32. The van der Waals surface area contributed by atoms with Crippen LogP contribution in [0.1, 0.15) is 18.5 Å². The van der Waals surface area contributed by atoms with Crippen LogP contribution < -0.4 is 15.0 Å². The molecule has 2 aromatic carbocycles. The summed E-state index contributed by atoms with van der Waals surface area (Å²) in [4.78, 5) is 16.9. The molecule has 1 aliphatic heterocycles. The lowest BCUT2D eigenvalue weighted by Gasteiger charge is -2.36. The van der Waals surface area contributed by atoms with Crippen LogP contribution in [0.25, 0.3) is 0 Å². The van der Waals surface area contributed by atoms with Gasteiger partial charge in [-0.15, -0.1) is 0 Å². The van der Waals surface area contributed by atoms with Crippen molar-refractivity contribution in [2.75, 3.05) is 44.7 Å². The fourth-order valence-corrected chi connectivity index (χ4v) is 3.96. The van der Waals surface area contributed by atoms with Crippen molar-refractivity contribution in [1.82, 2.24) is 10.2 Å². The van der Waals surface area contributed by atoms with Crippen molar-refractivity contribution < 1.29 is 9.53 Å². The Bertz CT molecular complexity index is 823. The number of rotatable bonds is 6. The third-order valence-electron chi connectivity index (χ3n) is 4.96. The average Bonchev–Trinajstić information content (AvgIpc) is 2.68. The number of hydrogen-bond acceptors (Lipinski definition) is 4. The number of nitrogens with one attached hydrogen (secondary N) is 1. The van der Waals surface area contributed by atoms with E-state index in [1.165, 1.54) is 0 Å². The summed E-state index contributed by atoms with van der Waals surface area (Å²) in [5, 5.41) is 4.17. The molecule has 5 nitrogen and oxygen atoms in total. The summed E-state index contributed by atoms with van der Waals surface area (Å²) in [6.07, 6.45) is 0. The maximum Gasteiger partial charge on any atom is 0.234 e. The van der Waals surface area contributed by atoms with Gasteiger partial charge in [-0.05, 0) is 36.8 Å². The van der Waals surface area contributed by atoms with Crippen molar-refractivity contribution in [3.63, 3.8) is 0 Å². The van der Waals surface area contributed by atoms with E-state index < -0.39 is 0 Å². The van der Waals surface area contributed by atoms with Gasteiger partial charge >= 0.3 is 0 Å². The van der Waals surface area contributed by atoms with Gasteiger partial charge in [0.25, 0.3) is 0 Å². The SMILES string of the molecule is COc1cccc(N2CCN(CC(=O)NC(C)c3ccc(Cl)cc3Cl)CC2)c1. The molecule has 1 amide bonds.